The summed E-state index contributed by atoms with van der Waals surface area (Å²) in [7, 11) is -3.76. The molecule has 4 nitrogen and oxygen atoms in total. The van der Waals surface area contributed by atoms with Crippen LogP contribution in [0.15, 0.2) is 53.4 Å². The maximum Gasteiger partial charge on any atom is 0.241 e. The summed E-state index contributed by atoms with van der Waals surface area (Å²) >= 11 is 0. The minimum Gasteiger partial charge on any atom is -0.377 e. The highest BCUT2D eigenvalue weighted by Crippen LogP contribution is 2.33. The lowest BCUT2D eigenvalue weighted by Gasteiger charge is -2.42. The van der Waals surface area contributed by atoms with Crippen molar-refractivity contribution >= 4 is 10.0 Å². The first-order chi connectivity index (χ1) is 10.4. The lowest BCUT2D eigenvalue weighted by Crippen LogP contribution is -2.59. The van der Waals surface area contributed by atoms with E-state index in [2.05, 4.69) is 4.72 Å². The maximum absolute atomic E-state index is 14.1. The number of aryl methyl sites for hydroxylation is 1. The fourth-order valence-corrected chi connectivity index (χ4v) is 3.98. The van der Waals surface area contributed by atoms with E-state index in [-0.39, 0.29) is 18.1 Å². The Bertz CT molecular complexity index is 801. The van der Waals surface area contributed by atoms with Gasteiger partial charge in [-0.25, -0.2) is 12.8 Å². The molecule has 1 fully saturated rings. The lowest BCUT2D eigenvalue weighted by molar-refractivity contribution is -0.0680. The van der Waals surface area contributed by atoms with Crippen LogP contribution >= 0.6 is 0 Å². The number of benzene rings is 2. The number of sulfonamides is 1. The van der Waals surface area contributed by atoms with Crippen LogP contribution in [0.25, 0.3) is 0 Å². The molecule has 0 aliphatic carbocycles. The smallest absolute Gasteiger partial charge is 0.241 e. The predicted molar refractivity (Wildman–Crippen MR) is 80.4 cm³/mol. The Hall–Kier alpha value is -1.76. The van der Waals surface area contributed by atoms with Gasteiger partial charge in [-0.3, -0.25) is 0 Å². The van der Waals surface area contributed by atoms with E-state index in [4.69, 9.17) is 4.74 Å². The highest BCUT2D eigenvalue weighted by molar-refractivity contribution is 7.89. The first-order valence-electron chi connectivity index (χ1n) is 6.86. The van der Waals surface area contributed by atoms with Crippen molar-refractivity contribution in [3.05, 3.63) is 65.5 Å². The summed E-state index contributed by atoms with van der Waals surface area (Å²) in [5.74, 6) is -0.447. The number of halogens is 1. The zero-order valence-electron chi connectivity index (χ0n) is 12.0. The summed E-state index contributed by atoms with van der Waals surface area (Å²) < 4.78 is 47.0. The molecule has 1 aliphatic heterocycles. The number of ether oxygens (including phenoxy) is 1. The molecule has 2 aromatic rings. The van der Waals surface area contributed by atoms with Gasteiger partial charge in [0, 0.05) is 5.56 Å². The Kier molecular flexibility index (Phi) is 3.76. The molecule has 0 aromatic heterocycles. The largest absolute Gasteiger partial charge is 0.377 e. The highest BCUT2D eigenvalue weighted by Gasteiger charge is 2.45. The molecule has 0 bridgehead atoms. The molecule has 1 N–H and O–H groups in total. The summed E-state index contributed by atoms with van der Waals surface area (Å²) in [4.78, 5) is 0.162. The van der Waals surface area contributed by atoms with E-state index >= 15 is 0 Å². The number of rotatable bonds is 4. The highest BCUT2D eigenvalue weighted by atomic mass is 32.2. The molecule has 1 saturated heterocycles. The Labute approximate surface area is 129 Å². The Morgan fingerprint density at radius 3 is 2.45 bits per heavy atom. The van der Waals surface area contributed by atoms with Gasteiger partial charge in [0.1, 0.15) is 11.4 Å². The molecule has 6 heteroatoms. The zero-order valence-corrected chi connectivity index (χ0v) is 12.9. The molecule has 116 valence electrons. The van der Waals surface area contributed by atoms with Crippen LogP contribution in [0.3, 0.4) is 0 Å². The first kappa shape index (κ1) is 15.1. The number of nitrogens with one attached hydrogen (secondary N) is 1. The standard InChI is InChI=1S/C16H16FNO3S/c1-12-5-4-6-13(9-12)22(19,20)18-16(10-21-11-16)14-7-2-3-8-15(14)17/h2-9,18H,10-11H2,1H3. The molecule has 0 unspecified atom stereocenters. The molecule has 0 atom stereocenters. The van der Waals surface area contributed by atoms with Gasteiger partial charge in [-0.15, -0.1) is 0 Å². The van der Waals surface area contributed by atoms with E-state index < -0.39 is 21.4 Å². The second-order valence-electron chi connectivity index (χ2n) is 5.48. The van der Waals surface area contributed by atoms with Crippen molar-refractivity contribution in [1.29, 1.82) is 0 Å². The normalized spacial score (nSPS) is 17.0. The van der Waals surface area contributed by atoms with Crippen molar-refractivity contribution in [1.82, 2.24) is 4.72 Å². The Balaban J connectivity index is 1.98. The summed E-state index contributed by atoms with van der Waals surface area (Å²) in [6.07, 6.45) is 0. The molecular weight excluding hydrogens is 305 g/mol. The van der Waals surface area contributed by atoms with Crippen LogP contribution < -0.4 is 4.72 Å². The molecule has 0 spiro atoms. The summed E-state index contributed by atoms with van der Waals surface area (Å²) in [5, 5.41) is 0. The lowest BCUT2D eigenvalue weighted by atomic mass is 9.89. The second-order valence-corrected chi connectivity index (χ2v) is 7.16. The van der Waals surface area contributed by atoms with Crippen LogP contribution in [-0.2, 0) is 20.3 Å². The number of hydrogen-bond donors (Lipinski definition) is 1. The predicted octanol–water partition coefficient (Wildman–Crippen LogP) is 2.34. The van der Waals surface area contributed by atoms with Gasteiger partial charge < -0.3 is 4.74 Å². The SMILES string of the molecule is Cc1cccc(S(=O)(=O)NC2(c3ccccc3F)COC2)c1. The van der Waals surface area contributed by atoms with E-state index in [0.717, 1.165) is 5.56 Å². The van der Waals surface area contributed by atoms with Crippen molar-refractivity contribution in [2.24, 2.45) is 0 Å². The van der Waals surface area contributed by atoms with Crippen molar-refractivity contribution in [2.45, 2.75) is 17.4 Å². The topological polar surface area (TPSA) is 55.4 Å². The summed E-state index contributed by atoms with van der Waals surface area (Å²) in [6, 6.07) is 12.7. The minimum absolute atomic E-state index is 0.110. The van der Waals surface area contributed by atoms with Crippen LogP contribution in [0.4, 0.5) is 4.39 Å². The van der Waals surface area contributed by atoms with Gasteiger partial charge in [0.2, 0.25) is 10.0 Å². The van der Waals surface area contributed by atoms with Crippen molar-refractivity contribution in [2.75, 3.05) is 13.2 Å². The second kappa shape index (κ2) is 5.46. The average molecular weight is 321 g/mol. The molecule has 3 rings (SSSR count). The van der Waals surface area contributed by atoms with E-state index in [1.807, 2.05) is 13.0 Å². The van der Waals surface area contributed by atoms with Gasteiger partial charge in [-0.05, 0) is 30.7 Å². The van der Waals surface area contributed by atoms with Gasteiger partial charge in [0.25, 0.3) is 0 Å². The van der Waals surface area contributed by atoms with E-state index in [9.17, 15) is 12.8 Å². The van der Waals surface area contributed by atoms with Crippen LogP contribution in [-0.4, -0.2) is 21.6 Å². The van der Waals surface area contributed by atoms with E-state index in [1.165, 1.54) is 12.1 Å². The summed E-state index contributed by atoms with van der Waals surface area (Å²) in [6.45, 7) is 2.04. The van der Waals surface area contributed by atoms with Crippen LogP contribution in [0.2, 0.25) is 0 Å². The molecule has 0 radical (unpaired) electrons. The van der Waals surface area contributed by atoms with E-state index in [0.29, 0.717) is 5.56 Å². The molecule has 1 aliphatic rings. The molecule has 0 saturated carbocycles. The zero-order chi connectivity index (χ0) is 15.8. The molecule has 2 aromatic carbocycles. The number of hydrogen-bond acceptors (Lipinski definition) is 3. The van der Waals surface area contributed by atoms with Gasteiger partial charge in [0.15, 0.2) is 0 Å². The fourth-order valence-electron chi connectivity index (χ4n) is 2.52. The quantitative estimate of drug-likeness (QED) is 0.940. The van der Waals surface area contributed by atoms with Crippen molar-refractivity contribution in [3.8, 4) is 0 Å². The Morgan fingerprint density at radius 2 is 1.86 bits per heavy atom. The fraction of sp³-hybridized carbons (Fsp3) is 0.250. The van der Waals surface area contributed by atoms with Crippen molar-refractivity contribution in [3.63, 3.8) is 0 Å². The third-order valence-electron chi connectivity index (χ3n) is 3.72. The van der Waals surface area contributed by atoms with Gasteiger partial charge in [-0.2, -0.15) is 4.72 Å². The maximum atomic E-state index is 14.1. The third-order valence-corrected chi connectivity index (χ3v) is 5.25. The molecule has 1 heterocycles. The molecular formula is C16H16FNO3S. The average Bonchev–Trinajstić information content (AvgIpc) is 2.44. The monoisotopic (exact) mass is 321 g/mol. The molecule has 22 heavy (non-hydrogen) atoms. The minimum atomic E-state index is -3.76. The van der Waals surface area contributed by atoms with Crippen LogP contribution in [0.1, 0.15) is 11.1 Å². The van der Waals surface area contributed by atoms with Crippen molar-refractivity contribution < 1.29 is 17.5 Å². The third kappa shape index (κ3) is 2.65. The molecule has 0 amide bonds. The van der Waals surface area contributed by atoms with Crippen LogP contribution in [0.5, 0.6) is 0 Å². The van der Waals surface area contributed by atoms with Gasteiger partial charge in [-0.1, -0.05) is 30.3 Å². The van der Waals surface area contributed by atoms with Gasteiger partial charge >= 0.3 is 0 Å². The van der Waals surface area contributed by atoms with E-state index in [1.54, 1.807) is 30.3 Å². The summed E-state index contributed by atoms with van der Waals surface area (Å²) in [5.41, 5.74) is 0.0960. The van der Waals surface area contributed by atoms with Gasteiger partial charge in [0.05, 0.1) is 18.1 Å². The first-order valence-corrected chi connectivity index (χ1v) is 8.35. The Morgan fingerprint density at radius 1 is 1.14 bits per heavy atom. The van der Waals surface area contributed by atoms with Crippen LogP contribution in [0, 0.1) is 12.7 Å².